The number of anilines is 1. The van der Waals surface area contributed by atoms with E-state index in [1.807, 2.05) is 0 Å². The molecule has 3 rings (SSSR count). The first-order valence-electron chi connectivity index (χ1n) is 8.12. The molecule has 0 fully saturated rings. The van der Waals surface area contributed by atoms with Gasteiger partial charge >= 0.3 is 0 Å². The molecule has 0 aliphatic heterocycles. The molecular formula is C19H23N3S. The van der Waals surface area contributed by atoms with Crippen LogP contribution in [0.2, 0.25) is 0 Å². The summed E-state index contributed by atoms with van der Waals surface area (Å²) in [6, 6.07) is 8.84. The molecule has 1 N–H and O–H groups in total. The van der Waals surface area contributed by atoms with Crippen LogP contribution in [0.15, 0.2) is 36.0 Å². The molecular weight excluding hydrogens is 302 g/mol. The highest BCUT2D eigenvalue weighted by atomic mass is 32.1. The van der Waals surface area contributed by atoms with Gasteiger partial charge in [-0.3, -0.25) is 0 Å². The standard InChI is InChI=1S/C19H23N3S/c1-12(2)9-20-18-17-16(10-23-19(17)22-11-21-18)15-7-5-14(6-8-15)13(3)4/h5-8,10-13H,9H2,1-4H3,(H,20,21,22). The predicted octanol–water partition coefficient (Wildman–Crippen LogP) is 5.55. The van der Waals surface area contributed by atoms with E-state index < -0.39 is 0 Å². The smallest absolute Gasteiger partial charge is 0.138 e. The summed E-state index contributed by atoms with van der Waals surface area (Å²) >= 11 is 1.68. The fourth-order valence-electron chi connectivity index (χ4n) is 2.57. The van der Waals surface area contributed by atoms with Gasteiger partial charge in [-0.2, -0.15) is 0 Å². The van der Waals surface area contributed by atoms with Crippen LogP contribution in [-0.4, -0.2) is 16.5 Å². The largest absolute Gasteiger partial charge is 0.369 e. The molecule has 2 heterocycles. The molecule has 3 nitrogen and oxygen atoms in total. The molecule has 0 saturated carbocycles. The third-order valence-electron chi connectivity index (χ3n) is 3.94. The molecule has 23 heavy (non-hydrogen) atoms. The zero-order valence-electron chi connectivity index (χ0n) is 14.1. The average molecular weight is 325 g/mol. The van der Waals surface area contributed by atoms with Crippen LogP contribution in [0.1, 0.15) is 39.2 Å². The number of rotatable bonds is 5. The Balaban J connectivity index is 2.03. The normalized spacial score (nSPS) is 11.6. The van der Waals surface area contributed by atoms with Crippen molar-refractivity contribution in [1.82, 2.24) is 9.97 Å². The summed E-state index contributed by atoms with van der Waals surface area (Å²) in [5.74, 6) is 2.06. The van der Waals surface area contributed by atoms with Gasteiger partial charge in [0.05, 0.1) is 5.39 Å². The van der Waals surface area contributed by atoms with Crippen molar-refractivity contribution in [1.29, 1.82) is 0 Å². The summed E-state index contributed by atoms with van der Waals surface area (Å²) < 4.78 is 0. The highest BCUT2D eigenvalue weighted by Gasteiger charge is 2.13. The Morgan fingerprint density at radius 3 is 2.43 bits per heavy atom. The van der Waals surface area contributed by atoms with Crippen LogP contribution in [0.25, 0.3) is 21.3 Å². The van der Waals surface area contributed by atoms with Crippen molar-refractivity contribution in [3.05, 3.63) is 41.5 Å². The van der Waals surface area contributed by atoms with Gasteiger partial charge in [0.2, 0.25) is 0 Å². The Bertz CT molecular complexity index is 788. The Hall–Kier alpha value is -1.94. The number of hydrogen-bond acceptors (Lipinski definition) is 4. The minimum atomic E-state index is 0.551. The summed E-state index contributed by atoms with van der Waals surface area (Å²) in [6.07, 6.45) is 1.65. The molecule has 0 bridgehead atoms. The Labute approximate surface area is 141 Å². The zero-order valence-corrected chi connectivity index (χ0v) is 14.9. The second kappa shape index (κ2) is 6.67. The second-order valence-corrected chi connectivity index (χ2v) is 7.46. The van der Waals surface area contributed by atoms with E-state index in [2.05, 4.69) is 72.6 Å². The highest BCUT2D eigenvalue weighted by molar-refractivity contribution is 7.17. The molecule has 0 radical (unpaired) electrons. The maximum atomic E-state index is 4.47. The van der Waals surface area contributed by atoms with Gasteiger partial charge in [-0.15, -0.1) is 11.3 Å². The molecule has 4 heteroatoms. The Kier molecular flexibility index (Phi) is 4.62. The number of aromatic nitrogens is 2. The van der Waals surface area contributed by atoms with Gasteiger partial charge in [0.15, 0.2) is 0 Å². The number of hydrogen-bond donors (Lipinski definition) is 1. The van der Waals surface area contributed by atoms with Gasteiger partial charge in [-0.1, -0.05) is 52.0 Å². The summed E-state index contributed by atoms with van der Waals surface area (Å²) in [7, 11) is 0. The molecule has 0 atom stereocenters. The molecule has 0 aliphatic rings. The van der Waals surface area contributed by atoms with Crippen LogP contribution in [0.4, 0.5) is 5.82 Å². The van der Waals surface area contributed by atoms with Crippen LogP contribution in [-0.2, 0) is 0 Å². The van der Waals surface area contributed by atoms with Gasteiger partial charge in [-0.25, -0.2) is 9.97 Å². The van der Waals surface area contributed by atoms with Crippen LogP contribution in [0, 0.1) is 5.92 Å². The van der Waals surface area contributed by atoms with Crippen LogP contribution >= 0.6 is 11.3 Å². The Morgan fingerprint density at radius 2 is 1.78 bits per heavy atom. The lowest BCUT2D eigenvalue weighted by molar-refractivity contribution is 0.687. The maximum absolute atomic E-state index is 4.47. The summed E-state index contributed by atoms with van der Waals surface area (Å²) in [6.45, 7) is 9.75. The fourth-order valence-corrected chi connectivity index (χ4v) is 3.49. The zero-order chi connectivity index (χ0) is 16.4. The van der Waals surface area contributed by atoms with Crippen molar-refractivity contribution < 1.29 is 0 Å². The molecule has 0 amide bonds. The minimum Gasteiger partial charge on any atom is -0.369 e. The number of nitrogens with zero attached hydrogens (tertiary/aromatic N) is 2. The van der Waals surface area contributed by atoms with Gasteiger partial charge < -0.3 is 5.32 Å². The lowest BCUT2D eigenvalue weighted by Gasteiger charge is -2.11. The fraction of sp³-hybridized carbons (Fsp3) is 0.368. The molecule has 0 unspecified atom stereocenters. The number of nitrogens with one attached hydrogen (secondary N) is 1. The van der Waals surface area contributed by atoms with E-state index in [1.165, 1.54) is 16.7 Å². The predicted molar refractivity (Wildman–Crippen MR) is 100 cm³/mol. The van der Waals surface area contributed by atoms with Crippen LogP contribution in [0.5, 0.6) is 0 Å². The SMILES string of the molecule is CC(C)CNc1ncnc2scc(-c3ccc(C(C)C)cc3)c12. The van der Waals surface area contributed by atoms with E-state index in [9.17, 15) is 0 Å². The summed E-state index contributed by atoms with van der Waals surface area (Å²) in [5.41, 5.74) is 3.80. The maximum Gasteiger partial charge on any atom is 0.138 e. The van der Waals surface area contributed by atoms with Crippen molar-refractivity contribution in [2.24, 2.45) is 5.92 Å². The van der Waals surface area contributed by atoms with Gasteiger partial charge in [0.1, 0.15) is 17.0 Å². The van der Waals surface area contributed by atoms with Crippen LogP contribution in [0.3, 0.4) is 0 Å². The number of thiophene rings is 1. The summed E-state index contributed by atoms with van der Waals surface area (Å²) in [4.78, 5) is 9.93. The highest BCUT2D eigenvalue weighted by Crippen LogP contribution is 2.36. The first-order valence-corrected chi connectivity index (χ1v) is 9.00. The summed E-state index contributed by atoms with van der Waals surface area (Å²) in [5, 5.41) is 6.79. The molecule has 0 aliphatic carbocycles. The minimum absolute atomic E-state index is 0.551. The quantitative estimate of drug-likeness (QED) is 0.668. The molecule has 1 aromatic carbocycles. The second-order valence-electron chi connectivity index (χ2n) is 6.60. The lowest BCUT2D eigenvalue weighted by Crippen LogP contribution is -2.09. The average Bonchev–Trinajstić information content (AvgIpc) is 2.97. The number of fused-ring (bicyclic) bond motifs is 1. The molecule has 0 spiro atoms. The van der Waals surface area contributed by atoms with Crippen molar-refractivity contribution in [2.45, 2.75) is 33.6 Å². The van der Waals surface area contributed by atoms with E-state index in [1.54, 1.807) is 17.7 Å². The molecule has 120 valence electrons. The van der Waals surface area contributed by atoms with Crippen molar-refractivity contribution >= 4 is 27.4 Å². The van der Waals surface area contributed by atoms with Gasteiger partial charge in [0, 0.05) is 17.5 Å². The monoisotopic (exact) mass is 325 g/mol. The first-order chi connectivity index (χ1) is 11.1. The van der Waals surface area contributed by atoms with E-state index >= 15 is 0 Å². The first kappa shape index (κ1) is 15.9. The van der Waals surface area contributed by atoms with E-state index in [0.29, 0.717) is 11.8 Å². The third kappa shape index (κ3) is 3.37. The lowest BCUT2D eigenvalue weighted by atomic mass is 9.99. The van der Waals surface area contributed by atoms with E-state index in [4.69, 9.17) is 0 Å². The van der Waals surface area contributed by atoms with Gasteiger partial charge in [0.25, 0.3) is 0 Å². The van der Waals surface area contributed by atoms with E-state index in [0.717, 1.165) is 22.6 Å². The van der Waals surface area contributed by atoms with Crippen LogP contribution < -0.4 is 5.32 Å². The van der Waals surface area contributed by atoms with Crippen molar-refractivity contribution in [2.75, 3.05) is 11.9 Å². The topological polar surface area (TPSA) is 37.8 Å². The molecule has 0 saturated heterocycles. The van der Waals surface area contributed by atoms with Gasteiger partial charge in [-0.05, 0) is 23.0 Å². The van der Waals surface area contributed by atoms with Crippen molar-refractivity contribution in [3.63, 3.8) is 0 Å². The third-order valence-corrected chi connectivity index (χ3v) is 4.82. The number of benzene rings is 1. The molecule has 2 aromatic heterocycles. The van der Waals surface area contributed by atoms with E-state index in [-0.39, 0.29) is 0 Å². The van der Waals surface area contributed by atoms with Crippen molar-refractivity contribution in [3.8, 4) is 11.1 Å². The molecule has 3 aromatic rings. The Morgan fingerprint density at radius 1 is 1.04 bits per heavy atom.